The number of pyridine rings is 1. The van der Waals surface area contributed by atoms with E-state index in [1.807, 2.05) is 58.4 Å². The summed E-state index contributed by atoms with van der Waals surface area (Å²) in [6, 6.07) is 3.93. The first-order valence-corrected chi connectivity index (χ1v) is 11.2. The second-order valence-corrected chi connectivity index (χ2v) is 6.57. The maximum absolute atomic E-state index is 9.85. The van der Waals surface area contributed by atoms with Gasteiger partial charge in [0, 0.05) is 18.9 Å². The minimum Gasteiger partial charge on any atom is -0.390 e. The molecule has 0 fully saturated rings. The first kappa shape index (κ1) is 27.6. The van der Waals surface area contributed by atoms with E-state index >= 15 is 0 Å². The molecule has 0 unspecified atom stereocenters. The molecular formula is C25H42N4O. The topological polar surface area (TPSA) is 54.2 Å². The third-order valence-corrected chi connectivity index (χ3v) is 4.47. The standard InChI is InChI=1S/C21H30N4O.2C2H6/c1-7-10-16(5)20(15(3)4)24(6)21-18(11-9-12-22-21)25-14-23-17(8-2)19(25)13-26;2*1-2/h9-12,14,26H,7-8,13H2,1-6H3;2*1-2H3/b16-10-;;. The van der Waals surface area contributed by atoms with Crippen molar-refractivity contribution in [2.24, 2.45) is 0 Å². The van der Waals surface area contributed by atoms with Gasteiger partial charge < -0.3 is 10.0 Å². The largest absolute Gasteiger partial charge is 0.390 e. The van der Waals surface area contributed by atoms with Crippen LogP contribution in [0.25, 0.3) is 5.69 Å². The zero-order chi connectivity index (χ0) is 23.3. The number of hydrogen-bond acceptors (Lipinski definition) is 4. The van der Waals surface area contributed by atoms with E-state index in [0.717, 1.165) is 41.4 Å². The Bertz CT molecular complexity index is 814. The van der Waals surface area contributed by atoms with E-state index in [1.54, 1.807) is 12.5 Å². The number of nitrogens with zero attached hydrogens (tertiary/aromatic N) is 4. The molecule has 0 saturated heterocycles. The monoisotopic (exact) mass is 414 g/mol. The molecule has 0 amide bonds. The predicted molar refractivity (Wildman–Crippen MR) is 130 cm³/mol. The molecule has 1 N–H and O–H groups in total. The van der Waals surface area contributed by atoms with Crippen LogP contribution < -0.4 is 4.90 Å². The Morgan fingerprint density at radius 1 is 1.10 bits per heavy atom. The minimum absolute atomic E-state index is 0.0501. The fraction of sp³-hybridized carbons (Fsp3) is 0.520. The second-order valence-electron chi connectivity index (χ2n) is 6.57. The fourth-order valence-corrected chi connectivity index (χ4v) is 3.42. The summed E-state index contributed by atoms with van der Waals surface area (Å²) in [4.78, 5) is 11.2. The Labute approximate surface area is 184 Å². The van der Waals surface area contributed by atoms with E-state index in [2.05, 4.69) is 48.6 Å². The molecule has 168 valence electrons. The van der Waals surface area contributed by atoms with Crippen molar-refractivity contribution in [2.45, 2.75) is 81.8 Å². The third-order valence-electron chi connectivity index (χ3n) is 4.47. The molecule has 0 saturated carbocycles. The smallest absolute Gasteiger partial charge is 0.157 e. The second kappa shape index (κ2) is 14.6. The van der Waals surface area contributed by atoms with Gasteiger partial charge in [0.05, 0.1) is 30.0 Å². The SMILES string of the molecule is CC.CC.CC/C=C(/C)C(=C(C)C)N(C)c1ncccc1-n1cnc(CC)c1CO. The molecular weight excluding hydrogens is 372 g/mol. The summed E-state index contributed by atoms with van der Waals surface area (Å²) < 4.78 is 1.94. The van der Waals surface area contributed by atoms with Gasteiger partial charge in [0.1, 0.15) is 0 Å². The molecule has 0 aliphatic heterocycles. The van der Waals surface area contributed by atoms with Gasteiger partial charge in [-0.1, -0.05) is 53.2 Å². The Hall–Kier alpha value is -2.40. The van der Waals surface area contributed by atoms with Crippen molar-refractivity contribution in [1.82, 2.24) is 14.5 Å². The summed E-state index contributed by atoms with van der Waals surface area (Å²) in [7, 11) is 2.04. The number of aliphatic hydroxyl groups excluding tert-OH is 1. The number of allylic oxidation sites excluding steroid dienone is 3. The zero-order valence-electron chi connectivity index (χ0n) is 20.7. The molecule has 0 atom stereocenters. The molecule has 5 heteroatoms. The summed E-state index contributed by atoms with van der Waals surface area (Å²) in [5, 5.41) is 9.85. The molecule has 2 rings (SSSR count). The molecule has 30 heavy (non-hydrogen) atoms. The van der Waals surface area contributed by atoms with E-state index in [9.17, 15) is 5.11 Å². The van der Waals surface area contributed by atoms with Crippen LogP contribution in [0.4, 0.5) is 5.82 Å². The van der Waals surface area contributed by atoms with Gasteiger partial charge in [-0.25, -0.2) is 9.97 Å². The normalized spacial score (nSPS) is 10.4. The number of hydrogen-bond donors (Lipinski definition) is 1. The Balaban J connectivity index is 0.00000198. The quantitative estimate of drug-likeness (QED) is 0.528. The van der Waals surface area contributed by atoms with E-state index < -0.39 is 0 Å². The van der Waals surface area contributed by atoms with Crippen molar-refractivity contribution in [3.63, 3.8) is 0 Å². The fourth-order valence-electron chi connectivity index (χ4n) is 3.42. The van der Waals surface area contributed by atoms with E-state index in [4.69, 9.17) is 0 Å². The molecule has 0 radical (unpaired) electrons. The maximum atomic E-state index is 9.85. The molecule has 0 spiro atoms. The van der Waals surface area contributed by atoms with Crippen molar-refractivity contribution in [3.8, 4) is 5.69 Å². The minimum atomic E-state index is -0.0501. The highest BCUT2D eigenvalue weighted by molar-refractivity contribution is 5.64. The van der Waals surface area contributed by atoms with Gasteiger partial charge in [0.15, 0.2) is 5.82 Å². The summed E-state index contributed by atoms with van der Waals surface area (Å²) in [6.45, 7) is 18.5. The van der Waals surface area contributed by atoms with Crippen LogP contribution in [-0.2, 0) is 13.0 Å². The lowest BCUT2D eigenvalue weighted by molar-refractivity contribution is 0.273. The van der Waals surface area contributed by atoms with Gasteiger partial charge in [0.25, 0.3) is 0 Å². The Morgan fingerprint density at radius 2 is 1.73 bits per heavy atom. The molecule has 0 bridgehead atoms. The van der Waals surface area contributed by atoms with Crippen molar-refractivity contribution >= 4 is 5.82 Å². The number of aliphatic hydroxyl groups is 1. The van der Waals surface area contributed by atoms with Crippen LogP contribution in [0.1, 0.15) is 80.1 Å². The summed E-state index contributed by atoms with van der Waals surface area (Å²) in [6.07, 6.45) is 7.57. The lowest BCUT2D eigenvalue weighted by atomic mass is 10.1. The highest BCUT2D eigenvalue weighted by Gasteiger charge is 2.19. The van der Waals surface area contributed by atoms with Crippen molar-refractivity contribution < 1.29 is 5.11 Å². The zero-order valence-corrected chi connectivity index (χ0v) is 20.7. The number of imidazole rings is 1. The van der Waals surface area contributed by atoms with Gasteiger partial charge in [-0.2, -0.15) is 0 Å². The van der Waals surface area contributed by atoms with Crippen LogP contribution >= 0.6 is 0 Å². The van der Waals surface area contributed by atoms with Crippen LogP contribution in [-0.4, -0.2) is 26.7 Å². The third kappa shape index (κ3) is 6.56. The van der Waals surface area contributed by atoms with Crippen LogP contribution in [0.5, 0.6) is 0 Å². The number of likely N-dealkylation sites (N-methyl/N-ethyl adjacent to an activating group) is 1. The molecule has 2 heterocycles. The van der Waals surface area contributed by atoms with Crippen LogP contribution in [0.2, 0.25) is 0 Å². The summed E-state index contributed by atoms with van der Waals surface area (Å²) >= 11 is 0. The van der Waals surface area contributed by atoms with Crippen LogP contribution in [0.15, 0.2) is 47.6 Å². The van der Waals surface area contributed by atoms with Crippen LogP contribution in [0.3, 0.4) is 0 Å². The molecule has 2 aromatic rings. The average molecular weight is 415 g/mol. The molecule has 2 aromatic heterocycles. The lowest BCUT2D eigenvalue weighted by Crippen LogP contribution is -2.22. The Morgan fingerprint density at radius 3 is 2.23 bits per heavy atom. The van der Waals surface area contributed by atoms with E-state index in [0.29, 0.717) is 0 Å². The molecule has 0 aromatic carbocycles. The van der Waals surface area contributed by atoms with Gasteiger partial charge in [-0.15, -0.1) is 0 Å². The van der Waals surface area contributed by atoms with E-state index in [1.165, 1.54) is 11.1 Å². The van der Waals surface area contributed by atoms with Gasteiger partial charge in [0.2, 0.25) is 0 Å². The predicted octanol–water partition coefficient (Wildman–Crippen LogP) is 6.46. The van der Waals surface area contributed by atoms with E-state index in [-0.39, 0.29) is 6.61 Å². The Kier molecular flexibility index (Phi) is 13.4. The summed E-state index contributed by atoms with van der Waals surface area (Å²) in [5.74, 6) is 0.835. The highest BCUT2D eigenvalue weighted by Crippen LogP contribution is 2.29. The molecule has 0 aliphatic rings. The average Bonchev–Trinajstić information content (AvgIpc) is 3.19. The van der Waals surface area contributed by atoms with Crippen molar-refractivity contribution in [2.75, 3.05) is 11.9 Å². The number of aromatic nitrogens is 3. The lowest BCUT2D eigenvalue weighted by Gasteiger charge is -2.26. The highest BCUT2D eigenvalue weighted by atomic mass is 16.3. The maximum Gasteiger partial charge on any atom is 0.157 e. The first-order valence-electron chi connectivity index (χ1n) is 11.2. The van der Waals surface area contributed by atoms with Crippen molar-refractivity contribution in [3.05, 3.63) is 59.0 Å². The van der Waals surface area contributed by atoms with Crippen LogP contribution in [0, 0.1) is 0 Å². The molecule has 5 nitrogen and oxygen atoms in total. The number of rotatable bonds is 7. The number of aryl methyl sites for hydroxylation is 1. The van der Waals surface area contributed by atoms with Gasteiger partial charge >= 0.3 is 0 Å². The molecule has 0 aliphatic carbocycles. The van der Waals surface area contributed by atoms with Gasteiger partial charge in [-0.3, -0.25) is 4.57 Å². The number of anilines is 1. The van der Waals surface area contributed by atoms with Crippen molar-refractivity contribution in [1.29, 1.82) is 0 Å². The first-order chi connectivity index (χ1) is 14.5. The van der Waals surface area contributed by atoms with Gasteiger partial charge in [-0.05, 0) is 51.3 Å². The summed E-state index contributed by atoms with van der Waals surface area (Å²) in [5.41, 5.74) is 6.26.